The molecule has 0 saturated carbocycles. The van der Waals surface area contributed by atoms with Gasteiger partial charge in [-0.2, -0.15) is 36.4 Å². The van der Waals surface area contributed by atoms with Crippen LogP contribution in [0.3, 0.4) is 0 Å². The van der Waals surface area contributed by atoms with Crippen molar-refractivity contribution in [1.82, 2.24) is 0 Å². The maximum absolute atomic E-state index is 2.00. The number of hydrogen-bond donors (Lipinski definition) is 0. The molecule has 2 aromatic rings. The molecule has 0 N–H and O–H groups in total. The predicted octanol–water partition coefficient (Wildman–Crippen LogP) is -0.187. The van der Waals surface area contributed by atoms with E-state index < -0.39 is 0 Å². The van der Waals surface area contributed by atoms with E-state index in [1.54, 1.807) is 0 Å². The fourth-order valence-corrected chi connectivity index (χ4v) is 0.642. The summed E-state index contributed by atoms with van der Waals surface area (Å²) in [4.78, 5) is 0. The summed E-state index contributed by atoms with van der Waals surface area (Å²) in [6.07, 6.45) is 0. The second kappa shape index (κ2) is 10.7. The van der Waals surface area contributed by atoms with Gasteiger partial charge < -0.3 is 17.0 Å². The summed E-state index contributed by atoms with van der Waals surface area (Å²) in [6.45, 7) is 0. The van der Waals surface area contributed by atoms with Gasteiger partial charge in [-0.1, -0.05) is 0 Å². The minimum absolute atomic E-state index is 0. The molecule has 12 heavy (non-hydrogen) atoms. The molecule has 0 bridgehead atoms. The zero-order valence-electron chi connectivity index (χ0n) is 6.53. The van der Waals surface area contributed by atoms with E-state index in [0.717, 1.165) is 0 Å². The van der Waals surface area contributed by atoms with Crippen molar-refractivity contribution < 1.29 is 34.1 Å². The summed E-state index contributed by atoms with van der Waals surface area (Å²) in [5.74, 6) is 0. The molecule has 0 heterocycles. The van der Waals surface area contributed by atoms with Crippen molar-refractivity contribution in [3.63, 3.8) is 0 Å². The van der Waals surface area contributed by atoms with Crippen LogP contribution < -0.4 is 17.0 Å². The SMILES string of the molecule is [Br-].[Mn+3].c1cc[cH-]c1.c1cc[cH-]c1. The Morgan fingerprint density at radius 1 is 0.583 bits per heavy atom. The maximum Gasteiger partial charge on any atom is 3.00 e. The van der Waals surface area contributed by atoms with Crippen molar-refractivity contribution in [3.8, 4) is 0 Å². The zero-order chi connectivity index (χ0) is 7.07. The van der Waals surface area contributed by atoms with Gasteiger partial charge in [0.2, 0.25) is 0 Å². The fraction of sp³-hybridized carbons (Fsp3) is 0. The normalized spacial score (nSPS) is 6.67. The van der Waals surface area contributed by atoms with Crippen molar-refractivity contribution in [2.45, 2.75) is 0 Å². The molecule has 0 atom stereocenters. The monoisotopic (exact) mass is 264 g/mol. The van der Waals surface area contributed by atoms with Crippen molar-refractivity contribution in [1.29, 1.82) is 0 Å². The largest absolute Gasteiger partial charge is 3.00 e. The third-order valence-electron chi connectivity index (χ3n) is 1.11. The number of hydrogen-bond acceptors (Lipinski definition) is 0. The molecule has 2 rings (SSSR count). The van der Waals surface area contributed by atoms with Gasteiger partial charge in [-0.25, -0.2) is 24.3 Å². The van der Waals surface area contributed by atoms with Gasteiger partial charge in [-0.3, -0.25) is 0 Å². The molecule has 0 aliphatic heterocycles. The molecule has 0 aliphatic carbocycles. The fourth-order valence-electron chi connectivity index (χ4n) is 0.642. The van der Waals surface area contributed by atoms with E-state index in [9.17, 15) is 0 Å². The quantitative estimate of drug-likeness (QED) is 0.457. The Balaban J connectivity index is 0. The average Bonchev–Trinajstić information content (AvgIpc) is 2.67. The Bertz CT molecular complexity index is 149. The van der Waals surface area contributed by atoms with E-state index in [1.165, 1.54) is 0 Å². The van der Waals surface area contributed by atoms with Crippen LogP contribution in [0.5, 0.6) is 0 Å². The van der Waals surface area contributed by atoms with Gasteiger partial charge in [0.1, 0.15) is 0 Å². The molecule has 0 fully saturated rings. The van der Waals surface area contributed by atoms with Crippen LogP contribution in [0.15, 0.2) is 60.7 Å². The summed E-state index contributed by atoms with van der Waals surface area (Å²) >= 11 is 0. The van der Waals surface area contributed by atoms with Crippen LogP contribution in [0.1, 0.15) is 0 Å². The van der Waals surface area contributed by atoms with Crippen LogP contribution in [0.2, 0.25) is 0 Å². The first-order valence-electron chi connectivity index (χ1n) is 3.33. The van der Waals surface area contributed by atoms with Crippen LogP contribution in [0.25, 0.3) is 0 Å². The molecule has 2 aromatic carbocycles. The Kier molecular flexibility index (Phi) is 12.7. The van der Waals surface area contributed by atoms with Gasteiger partial charge >= 0.3 is 17.1 Å². The molecule has 64 valence electrons. The molecular formula is C10H10BrMn. The Morgan fingerprint density at radius 3 is 0.917 bits per heavy atom. The average molecular weight is 265 g/mol. The Morgan fingerprint density at radius 2 is 0.833 bits per heavy atom. The van der Waals surface area contributed by atoms with Gasteiger partial charge in [-0.15, -0.1) is 0 Å². The van der Waals surface area contributed by atoms with E-state index in [2.05, 4.69) is 0 Å². The summed E-state index contributed by atoms with van der Waals surface area (Å²) in [5, 5.41) is 0. The Labute approximate surface area is 94.6 Å². The maximum atomic E-state index is 2.00. The molecule has 0 aliphatic rings. The van der Waals surface area contributed by atoms with Crippen LogP contribution >= 0.6 is 0 Å². The molecule has 0 nitrogen and oxygen atoms in total. The zero-order valence-corrected chi connectivity index (χ0v) is 9.30. The minimum Gasteiger partial charge on any atom is -1.00 e. The molecule has 0 spiro atoms. The first kappa shape index (κ1) is 14.2. The number of rotatable bonds is 0. The third kappa shape index (κ3) is 7.80. The second-order valence-electron chi connectivity index (χ2n) is 1.92. The van der Waals surface area contributed by atoms with Gasteiger partial charge in [-0.05, 0) is 0 Å². The van der Waals surface area contributed by atoms with Gasteiger partial charge in [0.15, 0.2) is 0 Å². The van der Waals surface area contributed by atoms with Crippen molar-refractivity contribution in [3.05, 3.63) is 60.7 Å². The second-order valence-corrected chi connectivity index (χ2v) is 1.92. The van der Waals surface area contributed by atoms with E-state index >= 15 is 0 Å². The van der Waals surface area contributed by atoms with Gasteiger partial charge in [0, 0.05) is 0 Å². The van der Waals surface area contributed by atoms with E-state index in [1.807, 2.05) is 60.7 Å². The van der Waals surface area contributed by atoms with Crippen LogP contribution in [0.4, 0.5) is 0 Å². The molecule has 0 unspecified atom stereocenters. The molecule has 2 heteroatoms. The van der Waals surface area contributed by atoms with E-state index in [4.69, 9.17) is 0 Å². The van der Waals surface area contributed by atoms with Gasteiger partial charge in [0.25, 0.3) is 0 Å². The van der Waals surface area contributed by atoms with Crippen LogP contribution in [-0.2, 0) is 17.1 Å². The summed E-state index contributed by atoms with van der Waals surface area (Å²) in [5.41, 5.74) is 0. The molecule has 0 amide bonds. The minimum atomic E-state index is 0. The third-order valence-corrected chi connectivity index (χ3v) is 1.11. The predicted molar refractivity (Wildman–Crippen MR) is 44.1 cm³/mol. The topological polar surface area (TPSA) is 0 Å². The van der Waals surface area contributed by atoms with E-state index in [0.29, 0.717) is 0 Å². The van der Waals surface area contributed by atoms with Crippen LogP contribution in [0, 0.1) is 0 Å². The van der Waals surface area contributed by atoms with Crippen LogP contribution in [-0.4, -0.2) is 0 Å². The molecule has 0 aromatic heterocycles. The van der Waals surface area contributed by atoms with Crippen molar-refractivity contribution in [2.24, 2.45) is 0 Å². The molecular weight excluding hydrogens is 255 g/mol. The summed E-state index contributed by atoms with van der Waals surface area (Å²) in [7, 11) is 0. The summed E-state index contributed by atoms with van der Waals surface area (Å²) < 4.78 is 0. The standard InChI is InChI=1S/2C5H5.BrH.Mn/c2*1-2-4-5-3-1;;/h2*1-5H;1H;/q2*-1;;+3/p-1. The van der Waals surface area contributed by atoms with E-state index in [-0.39, 0.29) is 34.1 Å². The smallest absolute Gasteiger partial charge is 1.00 e. The molecule has 0 radical (unpaired) electrons. The number of halogens is 1. The first-order chi connectivity index (χ1) is 5.00. The Hall–Kier alpha value is -0.301. The van der Waals surface area contributed by atoms with Crippen molar-refractivity contribution >= 4 is 0 Å². The molecule has 0 saturated heterocycles. The van der Waals surface area contributed by atoms with Crippen molar-refractivity contribution in [2.75, 3.05) is 0 Å². The summed E-state index contributed by atoms with van der Waals surface area (Å²) in [6, 6.07) is 20.0. The van der Waals surface area contributed by atoms with Gasteiger partial charge in [0.05, 0.1) is 0 Å². The first-order valence-corrected chi connectivity index (χ1v) is 3.33.